The maximum atomic E-state index is 11.9. The first kappa shape index (κ1) is 14.5. The Bertz CT molecular complexity index is 493. The summed E-state index contributed by atoms with van der Waals surface area (Å²) in [6, 6.07) is 3.25. The van der Waals surface area contributed by atoms with Crippen molar-refractivity contribution in [2.75, 3.05) is 5.32 Å². The molecule has 0 spiro atoms. The lowest BCUT2D eigenvalue weighted by atomic mass is 9.94. The third-order valence-corrected chi connectivity index (χ3v) is 3.55. The molecule has 4 N–H and O–H groups in total. The zero-order valence-electron chi connectivity index (χ0n) is 11.3. The highest BCUT2D eigenvalue weighted by atomic mass is 16.4. The average Bonchev–Trinajstić information content (AvgIpc) is 2.77. The molecule has 1 aliphatic carbocycles. The number of amides is 1. The number of nitrogens with zero attached hydrogens (tertiary/aromatic N) is 1. The number of anilines is 1. The summed E-state index contributed by atoms with van der Waals surface area (Å²) in [4.78, 5) is 26.5. The number of nitrogens with two attached hydrogens (primary N) is 1. The van der Waals surface area contributed by atoms with Crippen LogP contribution in [0.4, 0.5) is 5.69 Å². The van der Waals surface area contributed by atoms with E-state index in [2.05, 4.69) is 10.3 Å². The van der Waals surface area contributed by atoms with E-state index in [0.29, 0.717) is 17.8 Å². The van der Waals surface area contributed by atoms with Crippen LogP contribution in [-0.2, 0) is 16.0 Å². The molecule has 0 bridgehead atoms. The van der Waals surface area contributed by atoms with Crippen LogP contribution in [0.2, 0.25) is 0 Å². The summed E-state index contributed by atoms with van der Waals surface area (Å²) in [6.45, 7) is 0. The Balaban J connectivity index is 1.89. The third-order valence-electron chi connectivity index (χ3n) is 3.55. The van der Waals surface area contributed by atoms with Crippen molar-refractivity contribution >= 4 is 17.6 Å². The molecule has 0 unspecified atom stereocenters. The number of carboxylic acids is 1. The van der Waals surface area contributed by atoms with Crippen LogP contribution in [0.1, 0.15) is 37.8 Å². The van der Waals surface area contributed by atoms with E-state index in [0.717, 1.165) is 25.7 Å². The van der Waals surface area contributed by atoms with Gasteiger partial charge in [-0.3, -0.25) is 14.6 Å². The second-order valence-corrected chi connectivity index (χ2v) is 5.40. The average molecular weight is 277 g/mol. The largest absolute Gasteiger partial charge is 0.481 e. The Hall–Kier alpha value is -1.95. The highest BCUT2D eigenvalue weighted by molar-refractivity contribution is 5.91. The lowest BCUT2D eigenvalue weighted by molar-refractivity contribution is -0.136. The molecule has 1 heterocycles. The van der Waals surface area contributed by atoms with Gasteiger partial charge in [-0.15, -0.1) is 0 Å². The van der Waals surface area contributed by atoms with Gasteiger partial charge in [-0.2, -0.15) is 0 Å². The number of hydrogen-bond donors (Lipinski definition) is 3. The van der Waals surface area contributed by atoms with Crippen LogP contribution in [0, 0.1) is 0 Å². The summed E-state index contributed by atoms with van der Waals surface area (Å²) < 4.78 is 0. The molecule has 6 heteroatoms. The first-order chi connectivity index (χ1) is 9.47. The van der Waals surface area contributed by atoms with Crippen molar-refractivity contribution in [3.8, 4) is 0 Å². The second-order valence-electron chi connectivity index (χ2n) is 5.40. The van der Waals surface area contributed by atoms with Gasteiger partial charge in [-0.05, 0) is 25.0 Å². The van der Waals surface area contributed by atoms with Gasteiger partial charge in [0.15, 0.2) is 0 Å². The van der Waals surface area contributed by atoms with Crippen LogP contribution in [0.25, 0.3) is 0 Å². The fourth-order valence-corrected chi connectivity index (χ4v) is 2.54. The van der Waals surface area contributed by atoms with E-state index < -0.39 is 5.97 Å². The van der Waals surface area contributed by atoms with E-state index >= 15 is 0 Å². The Morgan fingerprint density at radius 2 is 2.05 bits per heavy atom. The lowest BCUT2D eigenvalue weighted by Gasteiger charge is -2.22. The fraction of sp³-hybridized carbons (Fsp3) is 0.500. The first-order valence-corrected chi connectivity index (χ1v) is 6.72. The Morgan fingerprint density at radius 3 is 2.60 bits per heavy atom. The molecule has 2 rings (SSSR count). The molecule has 1 fully saturated rings. The number of pyridine rings is 1. The van der Waals surface area contributed by atoms with E-state index in [9.17, 15) is 9.59 Å². The Labute approximate surface area is 117 Å². The van der Waals surface area contributed by atoms with Gasteiger partial charge >= 0.3 is 5.97 Å². The minimum absolute atomic E-state index is 0.123. The number of hydrogen-bond acceptors (Lipinski definition) is 4. The molecule has 0 radical (unpaired) electrons. The lowest BCUT2D eigenvalue weighted by Crippen LogP contribution is -2.40. The van der Waals surface area contributed by atoms with Crippen molar-refractivity contribution in [3.05, 3.63) is 24.0 Å². The summed E-state index contributed by atoms with van der Waals surface area (Å²) in [6.07, 6.45) is 5.58. The summed E-state index contributed by atoms with van der Waals surface area (Å²) in [7, 11) is 0. The van der Waals surface area contributed by atoms with Crippen molar-refractivity contribution in [3.63, 3.8) is 0 Å². The molecule has 1 amide bonds. The van der Waals surface area contributed by atoms with Crippen LogP contribution in [-0.4, -0.2) is 27.5 Å². The normalized spacial score (nSPS) is 16.9. The molecule has 1 aliphatic rings. The third kappa shape index (κ3) is 4.03. The van der Waals surface area contributed by atoms with Gasteiger partial charge in [-0.1, -0.05) is 12.8 Å². The van der Waals surface area contributed by atoms with Crippen molar-refractivity contribution in [1.29, 1.82) is 0 Å². The SMILES string of the molecule is NC1(CC(=O)Nc2ccc(CC(=O)O)nc2)CCCC1. The molecule has 1 aromatic heterocycles. The van der Waals surface area contributed by atoms with Gasteiger partial charge in [0.1, 0.15) is 0 Å². The Kier molecular flexibility index (Phi) is 4.34. The monoisotopic (exact) mass is 277 g/mol. The molecule has 1 saturated carbocycles. The fourth-order valence-electron chi connectivity index (χ4n) is 2.54. The number of rotatable bonds is 5. The van der Waals surface area contributed by atoms with Crippen molar-refractivity contribution < 1.29 is 14.7 Å². The smallest absolute Gasteiger partial charge is 0.309 e. The predicted molar refractivity (Wildman–Crippen MR) is 74.2 cm³/mol. The van der Waals surface area contributed by atoms with Gasteiger partial charge in [0, 0.05) is 12.0 Å². The highest BCUT2D eigenvalue weighted by Gasteiger charge is 2.31. The summed E-state index contributed by atoms with van der Waals surface area (Å²) in [5.74, 6) is -1.05. The topological polar surface area (TPSA) is 105 Å². The summed E-state index contributed by atoms with van der Waals surface area (Å²) >= 11 is 0. The van der Waals surface area contributed by atoms with Gasteiger partial charge in [0.05, 0.1) is 24.0 Å². The van der Waals surface area contributed by atoms with Gasteiger partial charge in [-0.25, -0.2) is 0 Å². The number of aromatic nitrogens is 1. The van der Waals surface area contributed by atoms with Crippen LogP contribution < -0.4 is 11.1 Å². The van der Waals surface area contributed by atoms with Gasteiger partial charge in [0.25, 0.3) is 0 Å². The quantitative estimate of drug-likeness (QED) is 0.752. The number of carboxylic acid groups (broad SMARTS) is 1. The second kappa shape index (κ2) is 6.00. The van der Waals surface area contributed by atoms with E-state index in [1.807, 2.05) is 0 Å². The summed E-state index contributed by atoms with van der Waals surface area (Å²) in [5.41, 5.74) is 6.80. The molecule has 0 aromatic carbocycles. The zero-order chi connectivity index (χ0) is 14.6. The van der Waals surface area contributed by atoms with Crippen LogP contribution in [0.5, 0.6) is 0 Å². The molecule has 0 atom stereocenters. The molecule has 20 heavy (non-hydrogen) atoms. The zero-order valence-corrected chi connectivity index (χ0v) is 11.3. The molecule has 0 saturated heterocycles. The van der Waals surface area contributed by atoms with Crippen LogP contribution >= 0.6 is 0 Å². The Morgan fingerprint density at radius 1 is 1.35 bits per heavy atom. The number of aliphatic carboxylic acids is 1. The minimum atomic E-state index is -0.930. The van der Waals surface area contributed by atoms with Crippen molar-refractivity contribution in [2.24, 2.45) is 5.73 Å². The van der Waals surface area contributed by atoms with Crippen LogP contribution in [0.15, 0.2) is 18.3 Å². The summed E-state index contributed by atoms with van der Waals surface area (Å²) in [5, 5.41) is 11.4. The maximum absolute atomic E-state index is 11.9. The van der Waals surface area contributed by atoms with E-state index in [4.69, 9.17) is 10.8 Å². The predicted octanol–water partition coefficient (Wildman–Crippen LogP) is 1.31. The minimum Gasteiger partial charge on any atom is -0.481 e. The first-order valence-electron chi connectivity index (χ1n) is 6.72. The van der Waals surface area contributed by atoms with E-state index in [1.54, 1.807) is 12.1 Å². The molecular formula is C14H19N3O3. The number of carbonyl (C=O) groups excluding carboxylic acids is 1. The van der Waals surface area contributed by atoms with Crippen molar-refractivity contribution in [2.45, 2.75) is 44.1 Å². The maximum Gasteiger partial charge on any atom is 0.309 e. The molecule has 108 valence electrons. The molecule has 1 aromatic rings. The molecule has 6 nitrogen and oxygen atoms in total. The molecule has 0 aliphatic heterocycles. The van der Waals surface area contributed by atoms with Gasteiger partial charge < -0.3 is 16.2 Å². The van der Waals surface area contributed by atoms with E-state index in [1.165, 1.54) is 6.20 Å². The van der Waals surface area contributed by atoms with Gasteiger partial charge in [0.2, 0.25) is 5.91 Å². The number of carbonyl (C=O) groups is 2. The van der Waals surface area contributed by atoms with E-state index in [-0.39, 0.29) is 17.9 Å². The van der Waals surface area contributed by atoms with Crippen molar-refractivity contribution in [1.82, 2.24) is 4.98 Å². The number of nitrogens with one attached hydrogen (secondary N) is 1. The molecular weight excluding hydrogens is 258 g/mol. The standard InChI is InChI=1S/C14H19N3O3/c15-14(5-1-2-6-14)8-12(18)17-11-4-3-10(16-9-11)7-13(19)20/h3-4,9H,1-2,5-8,15H2,(H,17,18)(H,19,20). The highest BCUT2D eigenvalue weighted by Crippen LogP contribution is 2.30. The van der Waals surface area contributed by atoms with Crippen LogP contribution in [0.3, 0.4) is 0 Å².